The fourth-order valence-electron chi connectivity index (χ4n) is 3.64. The zero-order chi connectivity index (χ0) is 27.1. The lowest BCUT2D eigenvalue weighted by Gasteiger charge is -2.13. The monoisotopic (exact) mass is 526 g/mol. The quantitative estimate of drug-likeness (QED) is 0.161. The van der Waals surface area contributed by atoms with E-state index in [0.717, 1.165) is 22.9 Å². The fraction of sp³-hybridized carbons (Fsp3) is 0.107. The maximum Gasteiger partial charge on any atom is 0.269 e. The minimum absolute atomic E-state index is 0.0210. The van der Waals surface area contributed by atoms with E-state index in [1.165, 1.54) is 24.3 Å². The molecule has 0 spiro atoms. The molecule has 0 fully saturated rings. The number of hydrogen-bond donors (Lipinski definition) is 1. The van der Waals surface area contributed by atoms with Gasteiger partial charge in [0.05, 0.1) is 36.2 Å². The average Bonchev–Trinajstić information content (AvgIpc) is 2.96. The molecule has 9 nitrogen and oxygen atoms in total. The number of ether oxygens (including phenoxy) is 2. The Hall–Kier alpha value is -4.88. The van der Waals surface area contributed by atoms with Gasteiger partial charge in [-0.25, -0.2) is 4.98 Å². The molecule has 3 aromatic carbocycles. The zero-order valence-corrected chi connectivity index (χ0v) is 21.3. The molecule has 0 unspecified atom stereocenters. The van der Waals surface area contributed by atoms with Crippen molar-refractivity contribution >= 4 is 29.0 Å². The maximum atomic E-state index is 12.7. The summed E-state index contributed by atoms with van der Waals surface area (Å²) in [6.07, 6.45) is 0. The second kappa shape index (κ2) is 11.9. The lowest BCUT2D eigenvalue weighted by Crippen LogP contribution is -2.14. The second-order valence-electron chi connectivity index (χ2n) is 7.94. The van der Waals surface area contributed by atoms with Gasteiger partial charge in [0, 0.05) is 28.9 Å². The third kappa shape index (κ3) is 6.08. The van der Waals surface area contributed by atoms with Gasteiger partial charge in [-0.15, -0.1) is 0 Å². The van der Waals surface area contributed by atoms with Crippen LogP contribution in [0.15, 0.2) is 83.9 Å². The predicted octanol–water partition coefficient (Wildman–Crippen LogP) is 5.94. The number of carbonyl (C=O) groups excluding carboxylic acids is 1. The number of non-ortho nitro benzene ring substituents is 1. The number of benzene rings is 3. The molecule has 0 aliphatic heterocycles. The molecule has 0 saturated carbocycles. The average molecular weight is 527 g/mol. The van der Waals surface area contributed by atoms with Gasteiger partial charge in [0.1, 0.15) is 22.6 Å². The van der Waals surface area contributed by atoms with Crippen LogP contribution in [0.1, 0.15) is 5.56 Å². The summed E-state index contributed by atoms with van der Waals surface area (Å²) < 4.78 is 10.5. The molecule has 0 saturated heterocycles. The molecular formula is C28H22N4O5S. The van der Waals surface area contributed by atoms with Crippen molar-refractivity contribution in [3.8, 4) is 40.0 Å². The Morgan fingerprint density at radius 1 is 0.974 bits per heavy atom. The second-order valence-corrected chi connectivity index (χ2v) is 8.91. The van der Waals surface area contributed by atoms with Gasteiger partial charge in [-0.2, -0.15) is 5.26 Å². The highest BCUT2D eigenvalue weighted by atomic mass is 32.2. The lowest BCUT2D eigenvalue weighted by molar-refractivity contribution is -0.384. The van der Waals surface area contributed by atoms with Crippen LogP contribution in [0.2, 0.25) is 0 Å². The van der Waals surface area contributed by atoms with Gasteiger partial charge in [-0.05, 0) is 60.2 Å². The summed E-state index contributed by atoms with van der Waals surface area (Å²) in [5.41, 5.74) is 3.65. The van der Waals surface area contributed by atoms with E-state index in [1.54, 1.807) is 14.2 Å². The first kappa shape index (κ1) is 26.2. The molecule has 38 heavy (non-hydrogen) atoms. The zero-order valence-electron chi connectivity index (χ0n) is 20.5. The number of carbonyl (C=O) groups is 1. The molecule has 190 valence electrons. The SMILES string of the molecule is COc1ccc(-c2cc(-c3ccc(OC)cc3)c(C#N)c(SCC(=O)Nc3ccc([N+](=O)[O-])cc3)n2)cc1. The standard InChI is InChI=1S/C28H22N4O5S/c1-36-22-11-3-18(4-12-22)24-15-26(19-5-13-23(37-2)14-6-19)31-28(25(24)16-29)38-17-27(33)30-20-7-9-21(10-8-20)32(34)35/h3-15H,17H2,1-2H3,(H,30,33). The molecule has 10 heteroatoms. The van der Waals surface area contributed by atoms with Crippen molar-refractivity contribution in [3.63, 3.8) is 0 Å². The van der Waals surface area contributed by atoms with E-state index in [4.69, 9.17) is 14.5 Å². The number of nitrogens with one attached hydrogen (secondary N) is 1. The van der Waals surface area contributed by atoms with Crippen LogP contribution < -0.4 is 14.8 Å². The van der Waals surface area contributed by atoms with Gasteiger partial charge >= 0.3 is 0 Å². The Morgan fingerprint density at radius 2 is 1.55 bits per heavy atom. The van der Waals surface area contributed by atoms with Crippen LogP contribution in [0.25, 0.3) is 22.4 Å². The molecule has 0 atom stereocenters. The number of nitriles is 1. The summed E-state index contributed by atoms with van der Waals surface area (Å²) in [4.78, 5) is 27.7. The molecule has 4 rings (SSSR count). The third-order valence-corrected chi connectivity index (χ3v) is 6.56. The number of nitrogens with zero attached hydrogens (tertiary/aromatic N) is 3. The van der Waals surface area contributed by atoms with Crippen molar-refractivity contribution in [2.45, 2.75) is 5.03 Å². The number of pyridine rings is 1. The minimum atomic E-state index is -0.507. The Morgan fingerprint density at radius 3 is 2.08 bits per heavy atom. The number of amides is 1. The van der Waals surface area contributed by atoms with Crippen molar-refractivity contribution in [1.29, 1.82) is 5.26 Å². The molecule has 0 bridgehead atoms. The van der Waals surface area contributed by atoms with Gasteiger partial charge in [-0.3, -0.25) is 14.9 Å². The highest BCUT2D eigenvalue weighted by molar-refractivity contribution is 8.00. The smallest absolute Gasteiger partial charge is 0.269 e. The van der Waals surface area contributed by atoms with Crippen LogP contribution in [-0.2, 0) is 4.79 Å². The summed E-state index contributed by atoms with van der Waals surface area (Å²) in [6.45, 7) is 0. The molecule has 1 heterocycles. The molecule has 1 N–H and O–H groups in total. The lowest BCUT2D eigenvalue weighted by atomic mass is 9.99. The Balaban J connectivity index is 1.65. The number of rotatable bonds is 9. The first-order valence-electron chi connectivity index (χ1n) is 11.3. The highest BCUT2D eigenvalue weighted by Gasteiger charge is 2.18. The van der Waals surface area contributed by atoms with E-state index in [9.17, 15) is 20.2 Å². The van der Waals surface area contributed by atoms with Crippen LogP contribution in [-0.4, -0.2) is 35.8 Å². The van der Waals surface area contributed by atoms with E-state index in [0.29, 0.717) is 39.0 Å². The van der Waals surface area contributed by atoms with Crippen LogP contribution in [0, 0.1) is 21.4 Å². The number of nitro groups is 1. The van der Waals surface area contributed by atoms with E-state index in [-0.39, 0.29) is 17.3 Å². The first-order chi connectivity index (χ1) is 18.4. The Kier molecular flexibility index (Phi) is 8.20. The van der Waals surface area contributed by atoms with Gasteiger partial charge < -0.3 is 14.8 Å². The molecular weight excluding hydrogens is 504 g/mol. The fourth-order valence-corrected chi connectivity index (χ4v) is 4.44. The summed E-state index contributed by atoms with van der Waals surface area (Å²) in [7, 11) is 3.17. The van der Waals surface area contributed by atoms with Crippen molar-refractivity contribution in [2.24, 2.45) is 0 Å². The van der Waals surface area contributed by atoms with Crippen LogP contribution in [0.4, 0.5) is 11.4 Å². The van der Waals surface area contributed by atoms with Gasteiger partial charge in [0.2, 0.25) is 5.91 Å². The predicted molar refractivity (Wildman–Crippen MR) is 145 cm³/mol. The maximum absolute atomic E-state index is 12.7. The molecule has 0 aliphatic rings. The van der Waals surface area contributed by atoms with E-state index in [1.807, 2.05) is 54.6 Å². The molecule has 4 aromatic rings. The van der Waals surface area contributed by atoms with E-state index in [2.05, 4.69) is 11.4 Å². The molecule has 0 radical (unpaired) electrons. The van der Waals surface area contributed by atoms with E-state index >= 15 is 0 Å². The largest absolute Gasteiger partial charge is 0.497 e. The van der Waals surface area contributed by atoms with Crippen molar-refractivity contribution in [2.75, 3.05) is 25.3 Å². The summed E-state index contributed by atoms with van der Waals surface area (Å²) in [5, 5.41) is 24.0. The first-order valence-corrected chi connectivity index (χ1v) is 12.3. The van der Waals surface area contributed by atoms with Gasteiger partial charge in [0.25, 0.3) is 5.69 Å². The summed E-state index contributed by atoms with van der Waals surface area (Å²) in [6, 6.07) is 24.4. The van der Waals surface area contributed by atoms with Crippen molar-refractivity contribution in [1.82, 2.24) is 4.98 Å². The number of anilines is 1. The number of nitro benzene ring substituents is 1. The van der Waals surface area contributed by atoms with Crippen molar-refractivity contribution in [3.05, 3.63) is 94.5 Å². The molecule has 0 aliphatic carbocycles. The van der Waals surface area contributed by atoms with Gasteiger partial charge in [-0.1, -0.05) is 23.9 Å². The summed E-state index contributed by atoms with van der Waals surface area (Å²) in [5.74, 6) is 1.03. The van der Waals surface area contributed by atoms with E-state index < -0.39 is 4.92 Å². The number of hydrogen-bond acceptors (Lipinski definition) is 8. The highest BCUT2D eigenvalue weighted by Crippen LogP contribution is 2.35. The Labute approximate surface area is 223 Å². The minimum Gasteiger partial charge on any atom is -0.497 e. The summed E-state index contributed by atoms with van der Waals surface area (Å²) >= 11 is 1.14. The topological polar surface area (TPSA) is 127 Å². The van der Waals surface area contributed by atoms with Crippen LogP contribution >= 0.6 is 11.8 Å². The number of thioether (sulfide) groups is 1. The Bertz CT molecular complexity index is 1500. The molecule has 1 aromatic heterocycles. The number of methoxy groups -OCH3 is 2. The number of aromatic nitrogens is 1. The van der Waals surface area contributed by atoms with Gasteiger partial charge in [0.15, 0.2) is 0 Å². The normalized spacial score (nSPS) is 10.3. The van der Waals surface area contributed by atoms with Crippen LogP contribution in [0.3, 0.4) is 0 Å². The van der Waals surface area contributed by atoms with Crippen LogP contribution in [0.5, 0.6) is 11.5 Å². The molecule has 1 amide bonds. The third-order valence-electron chi connectivity index (χ3n) is 5.59. The van der Waals surface area contributed by atoms with Crippen molar-refractivity contribution < 1.29 is 19.2 Å².